The number of anilines is 7. The number of thiophene rings is 2. The number of para-hydroxylation sites is 2. The number of halogens is 2. The molecule has 0 spiro atoms. The van der Waals surface area contributed by atoms with Crippen molar-refractivity contribution >= 4 is 102 Å². The van der Waals surface area contributed by atoms with E-state index in [-0.39, 0.29) is 11.0 Å². The predicted octanol–water partition coefficient (Wildman–Crippen LogP) is 11.0. The summed E-state index contributed by atoms with van der Waals surface area (Å²) in [7, 11) is 0. The Morgan fingerprint density at radius 2 is 1.26 bits per heavy atom. The van der Waals surface area contributed by atoms with Crippen molar-refractivity contribution in [2.24, 2.45) is 4.99 Å². The van der Waals surface area contributed by atoms with Crippen LogP contribution in [-0.4, -0.2) is 12.1 Å². The third-order valence-corrected chi connectivity index (χ3v) is 11.1. The number of pyridine rings is 1. The summed E-state index contributed by atoms with van der Waals surface area (Å²) in [5, 5.41) is 7.19. The van der Waals surface area contributed by atoms with E-state index in [0.717, 1.165) is 46.9 Å². The first-order chi connectivity index (χ1) is 23.1. The van der Waals surface area contributed by atoms with Crippen LogP contribution in [0.2, 0.25) is 0 Å². The molecule has 3 aromatic heterocycles. The van der Waals surface area contributed by atoms with Crippen molar-refractivity contribution in [1.82, 2.24) is 0 Å². The quantitative estimate of drug-likeness (QED) is 0.164. The third-order valence-electron chi connectivity index (χ3n) is 8.37. The molecule has 2 aliphatic heterocycles. The monoisotopic (exact) mass is 671 g/mol. The Morgan fingerprint density at radius 1 is 0.617 bits per heavy atom. The lowest BCUT2D eigenvalue weighted by Crippen LogP contribution is -2.72. The van der Waals surface area contributed by atoms with Gasteiger partial charge in [-0.25, -0.2) is 0 Å². The number of nitrogens with zero attached hydrogens (tertiary/aromatic N) is 5. The Hall–Kier alpha value is -4.97. The van der Waals surface area contributed by atoms with Crippen LogP contribution in [0.3, 0.4) is 0 Å². The van der Waals surface area contributed by atoms with Crippen molar-refractivity contribution in [2.75, 3.05) is 14.6 Å². The molecule has 0 aliphatic carbocycles. The number of thioether (sulfide) groups is 1. The molecule has 0 bridgehead atoms. The highest BCUT2D eigenvalue weighted by atomic mass is 32.2. The lowest BCUT2D eigenvalue weighted by atomic mass is 9.90. The highest BCUT2D eigenvalue weighted by Crippen LogP contribution is 2.49. The average Bonchev–Trinajstić information content (AvgIpc) is 3.88. The van der Waals surface area contributed by atoms with Gasteiger partial charge in [-0.3, -0.25) is 4.90 Å². The lowest BCUT2D eigenvalue weighted by molar-refractivity contribution is -0.524. The molecule has 0 N–H and O–H groups in total. The van der Waals surface area contributed by atoms with Gasteiger partial charge >= 0.3 is 6.97 Å². The molecular formula is C36H24BF2N5S3. The fourth-order valence-corrected chi connectivity index (χ4v) is 9.04. The van der Waals surface area contributed by atoms with Gasteiger partial charge < -0.3 is 22.8 Å². The van der Waals surface area contributed by atoms with Gasteiger partial charge in [0.05, 0.1) is 5.52 Å². The summed E-state index contributed by atoms with van der Waals surface area (Å²) >= 11 is 4.57. The highest BCUT2D eigenvalue weighted by Gasteiger charge is 2.54. The maximum Gasteiger partial charge on any atom is 0.642 e. The standard InChI is InChI=1S/C36H24BF2N5S3/c38-37(39)43-30-18-16-28(41(26-9-3-1-4-10-26)27-11-5-2-6-12-27)23-25(30)15-20-33(43)40-36-44(37)31-19-17-29(24-32(31)47-36)42(34-13-7-21-45-34)35-14-8-22-46-35/h1-24H. The molecule has 0 unspecified atom stereocenters. The predicted molar refractivity (Wildman–Crippen MR) is 195 cm³/mol. The van der Waals surface area contributed by atoms with Crippen molar-refractivity contribution in [1.29, 1.82) is 0 Å². The van der Waals surface area contributed by atoms with Gasteiger partial charge in [0.2, 0.25) is 0 Å². The normalized spacial score (nSPS) is 14.3. The van der Waals surface area contributed by atoms with E-state index >= 15 is 8.63 Å². The number of rotatable bonds is 6. The zero-order chi connectivity index (χ0) is 31.5. The average molecular weight is 672 g/mol. The molecule has 5 heterocycles. The molecule has 9 rings (SSSR count). The first-order valence-electron chi connectivity index (χ1n) is 15.0. The van der Waals surface area contributed by atoms with Crippen molar-refractivity contribution in [3.63, 3.8) is 0 Å². The number of benzene rings is 4. The summed E-state index contributed by atoms with van der Waals surface area (Å²) in [6, 6.07) is 43.2. The van der Waals surface area contributed by atoms with Crippen LogP contribution < -0.4 is 19.1 Å². The summed E-state index contributed by atoms with van der Waals surface area (Å²) in [5.74, 6) is 0.240. The van der Waals surface area contributed by atoms with E-state index in [1.807, 2.05) is 114 Å². The van der Waals surface area contributed by atoms with Crippen LogP contribution in [0.4, 0.5) is 52.9 Å². The smallest absolute Gasteiger partial charge is 0.414 e. The van der Waals surface area contributed by atoms with E-state index < -0.39 is 6.97 Å². The van der Waals surface area contributed by atoms with Crippen LogP contribution in [0.25, 0.3) is 10.9 Å². The molecule has 0 fully saturated rings. The van der Waals surface area contributed by atoms with Crippen LogP contribution in [0.15, 0.2) is 154 Å². The number of hydrogen-bond acceptors (Lipinski definition) is 7. The molecule has 11 heteroatoms. The minimum absolute atomic E-state index is 0.240. The maximum atomic E-state index is 16.9. The van der Waals surface area contributed by atoms with E-state index in [0.29, 0.717) is 16.6 Å². The second-order valence-electron chi connectivity index (χ2n) is 11.2. The largest absolute Gasteiger partial charge is 0.642 e. The van der Waals surface area contributed by atoms with Gasteiger partial charge in [0.25, 0.3) is 11.0 Å². The molecule has 228 valence electrons. The Labute approximate surface area is 282 Å². The minimum atomic E-state index is -4.25. The van der Waals surface area contributed by atoms with Crippen molar-refractivity contribution < 1.29 is 13.1 Å². The molecule has 47 heavy (non-hydrogen) atoms. The summed E-state index contributed by atoms with van der Waals surface area (Å²) in [4.78, 5) is 11.0. The highest BCUT2D eigenvalue weighted by molar-refractivity contribution is 8.15. The van der Waals surface area contributed by atoms with E-state index in [1.54, 1.807) is 40.9 Å². The Morgan fingerprint density at radius 3 is 1.89 bits per heavy atom. The van der Waals surface area contributed by atoms with E-state index in [9.17, 15) is 0 Å². The molecule has 0 saturated carbocycles. The van der Waals surface area contributed by atoms with Crippen LogP contribution in [-0.2, 0) is 0 Å². The fourth-order valence-electron chi connectivity index (χ4n) is 6.34. The van der Waals surface area contributed by atoms with Crippen LogP contribution >= 0.6 is 34.4 Å². The summed E-state index contributed by atoms with van der Waals surface area (Å²) in [6.07, 6.45) is 0. The van der Waals surface area contributed by atoms with Gasteiger partial charge in [-0.2, -0.15) is 0 Å². The van der Waals surface area contributed by atoms with E-state index in [1.165, 1.54) is 11.8 Å². The SMILES string of the molecule is F[B-]1(F)N2C(=Nc3ccc4cc(N(c5ccccc5)c5ccccc5)ccc4[n+]31)Sc1cc(N(c3cccs3)c3cccs3)ccc12. The van der Waals surface area contributed by atoms with Crippen molar-refractivity contribution in [3.05, 3.63) is 144 Å². The molecule has 0 amide bonds. The van der Waals surface area contributed by atoms with E-state index in [2.05, 4.69) is 21.9 Å². The van der Waals surface area contributed by atoms with E-state index in [4.69, 9.17) is 4.99 Å². The summed E-state index contributed by atoms with van der Waals surface area (Å²) in [5.41, 5.74) is 4.65. The Kier molecular flexibility index (Phi) is 6.67. The Balaban J connectivity index is 1.12. The van der Waals surface area contributed by atoms with Crippen LogP contribution in [0.5, 0.6) is 0 Å². The van der Waals surface area contributed by atoms with Gasteiger partial charge in [0.1, 0.15) is 10.0 Å². The van der Waals surface area contributed by atoms with Gasteiger partial charge in [-0.05, 0) is 119 Å². The second kappa shape index (κ2) is 11.1. The number of aliphatic imine (C=N–C) groups is 1. The summed E-state index contributed by atoms with van der Waals surface area (Å²) < 4.78 is 34.9. The maximum absolute atomic E-state index is 16.9. The molecule has 2 aliphatic rings. The summed E-state index contributed by atoms with van der Waals surface area (Å²) in [6.45, 7) is -4.25. The zero-order valence-corrected chi connectivity index (χ0v) is 27.1. The molecule has 0 saturated heterocycles. The molecule has 5 nitrogen and oxygen atoms in total. The van der Waals surface area contributed by atoms with Crippen LogP contribution in [0.1, 0.15) is 0 Å². The topological polar surface area (TPSA) is 26.0 Å². The van der Waals surface area contributed by atoms with Gasteiger partial charge in [-0.1, -0.05) is 36.4 Å². The molecule has 0 atom stereocenters. The van der Waals surface area contributed by atoms with Gasteiger partial charge in [0, 0.05) is 44.8 Å². The Bertz CT molecular complexity index is 2210. The number of aromatic nitrogens is 1. The minimum Gasteiger partial charge on any atom is -0.414 e. The second-order valence-corrected chi connectivity index (χ2v) is 14.0. The third kappa shape index (κ3) is 4.64. The zero-order valence-electron chi connectivity index (χ0n) is 24.7. The first-order valence-corrected chi connectivity index (χ1v) is 17.6. The molecule has 4 aromatic carbocycles. The molecular weight excluding hydrogens is 647 g/mol. The molecule has 0 radical (unpaired) electrons. The lowest BCUT2D eigenvalue weighted by Gasteiger charge is -2.36. The van der Waals surface area contributed by atoms with Gasteiger partial charge in [0.15, 0.2) is 0 Å². The van der Waals surface area contributed by atoms with Crippen molar-refractivity contribution in [3.8, 4) is 0 Å². The number of fused-ring (bicyclic) bond motifs is 6. The van der Waals surface area contributed by atoms with Crippen molar-refractivity contribution in [2.45, 2.75) is 4.90 Å². The van der Waals surface area contributed by atoms with Crippen LogP contribution in [0, 0.1) is 0 Å². The number of hydrogen-bond donors (Lipinski definition) is 0. The van der Waals surface area contributed by atoms with Gasteiger partial charge in [-0.15, -0.1) is 22.7 Å². The molecule has 7 aromatic rings. The first kappa shape index (κ1) is 28.3. The fraction of sp³-hybridized carbons (Fsp3) is 0. The number of amidine groups is 1.